The molecule has 57 heavy (non-hydrogen) atoms. The highest BCUT2D eigenvalue weighted by Gasteiger charge is 2.24. The van der Waals surface area contributed by atoms with Gasteiger partial charge in [0, 0.05) is 6.42 Å². The molecule has 0 fully saturated rings. The Bertz CT molecular complexity index is 946. The van der Waals surface area contributed by atoms with Crippen LogP contribution >= 0.6 is 0 Å². The zero-order valence-electron chi connectivity index (χ0n) is 38.0. The van der Waals surface area contributed by atoms with E-state index in [2.05, 4.69) is 50.4 Å². The van der Waals surface area contributed by atoms with Gasteiger partial charge in [-0.2, -0.15) is 0 Å². The number of esters is 1. The van der Waals surface area contributed by atoms with Crippen molar-refractivity contribution in [1.82, 2.24) is 5.32 Å². The van der Waals surface area contributed by atoms with Crippen LogP contribution in [0.1, 0.15) is 252 Å². The Morgan fingerprint density at radius 3 is 1.42 bits per heavy atom. The molecule has 0 saturated carbocycles. The van der Waals surface area contributed by atoms with Gasteiger partial charge < -0.3 is 20.3 Å². The third kappa shape index (κ3) is 40.6. The van der Waals surface area contributed by atoms with Crippen molar-refractivity contribution in [3.05, 3.63) is 36.5 Å². The first-order valence-electron chi connectivity index (χ1n) is 24.7. The van der Waals surface area contributed by atoms with Gasteiger partial charge in [0.1, 0.15) is 6.10 Å². The molecule has 0 rings (SSSR count). The van der Waals surface area contributed by atoms with Crippen LogP contribution in [0.5, 0.6) is 0 Å². The lowest BCUT2D eigenvalue weighted by Gasteiger charge is -2.24. The molecule has 0 spiro atoms. The van der Waals surface area contributed by atoms with Gasteiger partial charge in [0.05, 0.1) is 25.2 Å². The molecule has 3 atom stereocenters. The number of carbonyl (C=O) groups is 2. The highest BCUT2D eigenvalue weighted by molar-refractivity contribution is 5.77. The second-order valence-electron chi connectivity index (χ2n) is 16.9. The van der Waals surface area contributed by atoms with E-state index in [-0.39, 0.29) is 24.9 Å². The maximum Gasteiger partial charge on any atom is 0.306 e. The van der Waals surface area contributed by atoms with E-state index in [1.165, 1.54) is 135 Å². The minimum atomic E-state index is -0.793. The number of hydrogen-bond donors (Lipinski definition) is 3. The molecule has 0 aliphatic rings. The molecule has 0 bridgehead atoms. The van der Waals surface area contributed by atoms with Crippen LogP contribution in [0.3, 0.4) is 0 Å². The Morgan fingerprint density at radius 2 is 0.947 bits per heavy atom. The van der Waals surface area contributed by atoms with Crippen molar-refractivity contribution in [2.45, 2.75) is 270 Å². The lowest BCUT2D eigenvalue weighted by Crippen LogP contribution is -2.46. The molecule has 1 amide bonds. The van der Waals surface area contributed by atoms with Gasteiger partial charge in [-0.15, -0.1) is 0 Å². The van der Waals surface area contributed by atoms with Crippen LogP contribution in [-0.2, 0) is 14.3 Å². The van der Waals surface area contributed by atoms with E-state index in [4.69, 9.17) is 4.74 Å². The molecular formula is C51H95NO5. The van der Waals surface area contributed by atoms with Gasteiger partial charge in [-0.3, -0.25) is 9.59 Å². The first-order chi connectivity index (χ1) is 28.0. The van der Waals surface area contributed by atoms with Crippen LogP contribution in [0.2, 0.25) is 0 Å². The summed E-state index contributed by atoms with van der Waals surface area (Å²) in [5.41, 5.74) is 0. The van der Waals surface area contributed by atoms with Gasteiger partial charge in [-0.05, 0) is 44.9 Å². The van der Waals surface area contributed by atoms with Crippen molar-refractivity contribution in [2.75, 3.05) is 6.61 Å². The Balaban J connectivity index is 4.51. The maximum absolute atomic E-state index is 13.1. The Kier molecular flexibility index (Phi) is 43.6. The summed E-state index contributed by atoms with van der Waals surface area (Å²) in [6, 6.07) is -0.708. The van der Waals surface area contributed by atoms with Crippen molar-refractivity contribution in [2.24, 2.45) is 0 Å². The van der Waals surface area contributed by atoms with Gasteiger partial charge in [0.25, 0.3) is 0 Å². The average Bonchev–Trinajstić information content (AvgIpc) is 3.20. The number of carbonyl (C=O) groups excluding carboxylic acids is 2. The summed E-state index contributed by atoms with van der Waals surface area (Å²) in [5.74, 6) is -0.503. The van der Waals surface area contributed by atoms with Crippen molar-refractivity contribution in [3.8, 4) is 0 Å². The van der Waals surface area contributed by atoms with Crippen LogP contribution in [0.4, 0.5) is 0 Å². The Hall–Kier alpha value is -1.92. The first-order valence-corrected chi connectivity index (χ1v) is 24.7. The molecular weight excluding hydrogens is 707 g/mol. The van der Waals surface area contributed by atoms with E-state index in [0.717, 1.165) is 70.6 Å². The molecule has 0 aliphatic heterocycles. The standard InChI is InChI=1S/C51H95NO5/c1-4-7-10-13-16-19-22-23-24-25-26-29-31-34-37-40-43-49(54)48(46-53)52-50(55)45-47(42-39-36-33-30-27-20-17-14-11-8-5-2)57-51(56)44-41-38-35-32-28-21-18-15-12-9-6-3/h8,11,14,17,20,27,47-49,53-54H,4-7,9-10,12-13,15-16,18-19,21-26,28-46H2,1-3H3,(H,52,55)/b11-8+,17-14+,27-20-. The topological polar surface area (TPSA) is 95.9 Å². The number of aliphatic hydroxyl groups is 2. The van der Waals surface area contributed by atoms with Crippen LogP contribution < -0.4 is 5.32 Å². The molecule has 6 heteroatoms. The van der Waals surface area contributed by atoms with E-state index in [9.17, 15) is 19.8 Å². The molecule has 6 nitrogen and oxygen atoms in total. The van der Waals surface area contributed by atoms with Gasteiger partial charge >= 0.3 is 5.97 Å². The molecule has 334 valence electrons. The van der Waals surface area contributed by atoms with Gasteiger partial charge in [-0.25, -0.2) is 0 Å². The molecule has 3 unspecified atom stereocenters. The minimum absolute atomic E-state index is 0.0578. The highest BCUT2D eigenvalue weighted by Crippen LogP contribution is 2.18. The predicted molar refractivity (Wildman–Crippen MR) is 246 cm³/mol. The van der Waals surface area contributed by atoms with E-state index >= 15 is 0 Å². The maximum atomic E-state index is 13.1. The van der Waals surface area contributed by atoms with Crippen molar-refractivity contribution in [1.29, 1.82) is 0 Å². The summed E-state index contributed by atoms with van der Waals surface area (Å²) < 4.78 is 5.89. The molecule has 0 aromatic carbocycles. The van der Waals surface area contributed by atoms with Crippen molar-refractivity contribution in [3.63, 3.8) is 0 Å². The smallest absolute Gasteiger partial charge is 0.306 e. The molecule has 0 saturated heterocycles. The number of ether oxygens (including phenoxy) is 1. The van der Waals surface area contributed by atoms with E-state index in [0.29, 0.717) is 19.3 Å². The molecule has 0 aromatic rings. The van der Waals surface area contributed by atoms with E-state index in [1.807, 2.05) is 12.2 Å². The quantitative estimate of drug-likeness (QED) is 0.0324. The fourth-order valence-corrected chi connectivity index (χ4v) is 7.55. The number of aliphatic hydroxyl groups excluding tert-OH is 2. The molecule has 0 heterocycles. The Labute approximate surface area is 353 Å². The van der Waals surface area contributed by atoms with Crippen molar-refractivity contribution < 1.29 is 24.5 Å². The number of rotatable bonds is 44. The second kappa shape index (κ2) is 45.2. The summed E-state index contributed by atoms with van der Waals surface area (Å²) >= 11 is 0. The fraction of sp³-hybridized carbons (Fsp3) is 0.843. The number of unbranched alkanes of at least 4 members (excludes halogenated alkanes) is 28. The first kappa shape index (κ1) is 55.1. The number of amides is 1. The monoisotopic (exact) mass is 802 g/mol. The zero-order chi connectivity index (χ0) is 41.7. The van der Waals surface area contributed by atoms with Crippen LogP contribution in [0, 0.1) is 0 Å². The number of hydrogen-bond acceptors (Lipinski definition) is 5. The zero-order valence-corrected chi connectivity index (χ0v) is 38.0. The number of allylic oxidation sites excluding steroid dienone is 6. The van der Waals surface area contributed by atoms with Crippen LogP contribution in [-0.4, -0.2) is 46.9 Å². The minimum Gasteiger partial charge on any atom is -0.462 e. The molecule has 0 radical (unpaired) electrons. The van der Waals surface area contributed by atoms with Crippen LogP contribution in [0.15, 0.2) is 36.5 Å². The number of nitrogens with one attached hydrogen (secondary N) is 1. The predicted octanol–water partition coefficient (Wildman–Crippen LogP) is 14.5. The third-order valence-corrected chi connectivity index (χ3v) is 11.3. The SMILES string of the molecule is CC/C=C/C=C/C=C\CCCCCC(CC(=O)NC(CO)C(O)CCCCCCCCCCCCCCCCCC)OC(=O)CCCCCCCCCCCCC. The summed E-state index contributed by atoms with van der Waals surface area (Å²) in [4.78, 5) is 26.0. The van der Waals surface area contributed by atoms with E-state index in [1.54, 1.807) is 0 Å². The average molecular weight is 802 g/mol. The third-order valence-electron chi connectivity index (χ3n) is 11.3. The van der Waals surface area contributed by atoms with Gasteiger partial charge in [0.15, 0.2) is 0 Å². The lowest BCUT2D eigenvalue weighted by atomic mass is 10.0. The fourth-order valence-electron chi connectivity index (χ4n) is 7.55. The highest BCUT2D eigenvalue weighted by atomic mass is 16.5. The normalized spacial score (nSPS) is 13.6. The molecule has 0 aliphatic carbocycles. The van der Waals surface area contributed by atoms with Gasteiger partial charge in [-0.1, -0.05) is 231 Å². The second-order valence-corrected chi connectivity index (χ2v) is 16.9. The molecule has 3 N–H and O–H groups in total. The summed E-state index contributed by atoms with van der Waals surface area (Å²) in [5, 5.41) is 23.7. The Morgan fingerprint density at radius 1 is 0.526 bits per heavy atom. The lowest BCUT2D eigenvalue weighted by molar-refractivity contribution is -0.151. The van der Waals surface area contributed by atoms with Crippen molar-refractivity contribution >= 4 is 11.9 Å². The molecule has 0 aromatic heterocycles. The largest absolute Gasteiger partial charge is 0.462 e. The van der Waals surface area contributed by atoms with Gasteiger partial charge in [0.2, 0.25) is 5.91 Å². The van der Waals surface area contributed by atoms with E-state index < -0.39 is 18.2 Å². The summed E-state index contributed by atoms with van der Waals surface area (Å²) in [7, 11) is 0. The summed E-state index contributed by atoms with van der Waals surface area (Å²) in [6.45, 7) is 6.34. The summed E-state index contributed by atoms with van der Waals surface area (Å²) in [6.07, 6.45) is 52.1. The van der Waals surface area contributed by atoms with Crippen LogP contribution in [0.25, 0.3) is 0 Å².